The second-order valence-corrected chi connectivity index (χ2v) is 10.3. The largest absolute Gasteiger partial charge is 0.493 e. The number of carboxylic acid groups (broad SMARTS) is 1. The molecule has 3 atom stereocenters. The minimum atomic E-state index is -1.24. The van der Waals surface area contributed by atoms with Crippen molar-refractivity contribution in [1.82, 2.24) is 10.2 Å². The first-order valence-corrected chi connectivity index (χ1v) is 13.0. The number of hydrogen-bond acceptors (Lipinski definition) is 9. The van der Waals surface area contributed by atoms with E-state index in [0.29, 0.717) is 11.3 Å². The highest BCUT2D eigenvalue weighted by molar-refractivity contribution is 6.32. The first-order valence-electron chi connectivity index (χ1n) is 13.0. The van der Waals surface area contributed by atoms with Gasteiger partial charge in [0.15, 0.2) is 6.04 Å². The van der Waals surface area contributed by atoms with Gasteiger partial charge in [0.1, 0.15) is 23.4 Å². The van der Waals surface area contributed by atoms with E-state index in [4.69, 9.17) is 14.2 Å². The van der Waals surface area contributed by atoms with Crippen LogP contribution in [0.4, 0.5) is 10.5 Å². The summed E-state index contributed by atoms with van der Waals surface area (Å²) in [4.78, 5) is 75.3. The molecule has 3 unspecified atom stereocenters. The maximum Gasteiger partial charge on any atom is 0.408 e. The van der Waals surface area contributed by atoms with Gasteiger partial charge in [-0.05, 0) is 50.6 Å². The minimum absolute atomic E-state index is 0.00196. The fourth-order valence-corrected chi connectivity index (χ4v) is 4.31. The Kier molecular flexibility index (Phi) is 10.2. The molecule has 2 aromatic rings. The molecule has 224 valence electrons. The van der Waals surface area contributed by atoms with E-state index in [-0.39, 0.29) is 31.5 Å². The quantitative estimate of drug-likeness (QED) is 0.163. The van der Waals surface area contributed by atoms with E-state index in [2.05, 4.69) is 5.32 Å². The number of aldehydes is 1. The molecular weight excluding hydrogens is 550 g/mol. The van der Waals surface area contributed by atoms with E-state index in [1.807, 2.05) is 0 Å². The molecule has 1 heterocycles. The molecule has 0 saturated carbocycles. The summed E-state index contributed by atoms with van der Waals surface area (Å²) in [5.41, 5.74) is -0.130. The van der Waals surface area contributed by atoms with E-state index in [1.54, 1.807) is 51.1 Å². The molecule has 13 nitrogen and oxygen atoms in total. The zero-order valence-electron chi connectivity index (χ0n) is 23.6. The van der Waals surface area contributed by atoms with Crippen molar-refractivity contribution in [3.05, 3.63) is 60.2 Å². The fourth-order valence-electron chi connectivity index (χ4n) is 4.31. The number of carbonyl (C=O) groups is 6. The lowest BCUT2D eigenvalue weighted by Gasteiger charge is -2.46. The van der Waals surface area contributed by atoms with Crippen LogP contribution >= 0.6 is 0 Å². The van der Waals surface area contributed by atoms with Crippen LogP contribution < -0.4 is 15.0 Å². The maximum atomic E-state index is 13.1. The van der Waals surface area contributed by atoms with Gasteiger partial charge in [0.05, 0.1) is 20.3 Å². The number of likely N-dealkylation sites (tertiary alicyclic amines) is 1. The summed E-state index contributed by atoms with van der Waals surface area (Å²) in [5, 5.41) is 12.2. The van der Waals surface area contributed by atoms with Gasteiger partial charge in [0.25, 0.3) is 5.91 Å². The molecule has 0 bridgehead atoms. The van der Waals surface area contributed by atoms with Crippen LogP contribution in [0.15, 0.2) is 54.6 Å². The van der Waals surface area contributed by atoms with Gasteiger partial charge < -0.3 is 29.5 Å². The van der Waals surface area contributed by atoms with Gasteiger partial charge in [0.2, 0.25) is 12.2 Å². The molecule has 3 amide bonds. The van der Waals surface area contributed by atoms with Crippen molar-refractivity contribution in [3.8, 4) is 5.75 Å². The summed E-state index contributed by atoms with van der Waals surface area (Å²) in [6.45, 7) is 4.96. The molecular formula is C29H33N3O10. The minimum Gasteiger partial charge on any atom is -0.493 e. The standard InChI is InChI=1S/C29H33N3O10/c1-29(2,3)42-28(39)30-21(27(38)40-4)14-15-41-20-12-10-19(11-13-20)32(23(34)17-33)22-16-31(25(22)35)24(26(36)37)18-8-6-5-7-9-18/h5-13,17,21-22,24H,14-16H2,1-4H3,(H,30,39)(H,36,37). The number of carboxylic acids is 1. The van der Waals surface area contributed by atoms with Gasteiger partial charge in [-0.3, -0.25) is 19.3 Å². The van der Waals surface area contributed by atoms with Gasteiger partial charge in [-0.15, -0.1) is 0 Å². The number of carbonyl (C=O) groups excluding carboxylic acids is 5. The van der Waals surface area contributed by atoms with Crippen LogP contribution in [-0.4, -0.2) is 84.1 Å². The van der Waals surface area contributed by atoms with Gasteiger partial charge in [-0.2, -0.15) is 0 Å². The second-order valence-electron chi connectivity index (χ2n) is 10.3. The van der Waals surface area contributed by atoms with Crippen LogP contribution in [0.3, 0.4) is 0 Å². The predicted molar refractivity (Wildman–Crippen MR) is 148 cm³/mol. The average molecular weight is 584 g/mol. The first-order chi connectivity index (χ1) is 19.9. The van der Waals surface area contributed by atoms with Crippen molar-refractivity contribution < 1.29 is 48.1 Å². The lowest BCUT2D eigenvalue weighted by atomic mass is 9.96. The van der Waals surface area contributed by atoms with Crippen molar-refractivity contribution in [3.63, 3.8) is 0 Å². The van der Waals surface area contributed by atoms with Crippen molar-refractivity contribution in [2.24, 2.45) is 0 Å². The second kappa shape index (κ2) is 13.6. The summed E-state index contributed by atoms with van der Waals surface area (Å²) in [6, 6.07) is 10.8. The summed E-state index contributed by atoms with van der Waals surface area (Å²) in [7, 11) is 1.19. The Morgan fingerprint density at radius 3 is 2.26 bits per heavy atom. The number of rotatable bonds is 12. The molecule has 0 aromatic heterocycles. The number of β-lactam (4-membered cyclic amide) rings is 1. The number of nitrogens with one attached hydrogen (secondary N) is 1. The summed E-state index contributed by atoms with van der Waals surface area (Å²) in [5.74, 6) is -3.15. The highest BCUT2D eigenvalue weighted by atomic mass is 16.6. The molecule has 1 fully saturated rings. The number of anilines is 1. The van der Waals surface area contributed by atoms with Gasteiger partial charge in [-0.25, -0.2) is 14.4 Å². The monoisotopic (exact) mass is 583 g/mol. The Balaban J connectivity index is 1.66. The topological polar surface area (TPSA) is 169 Å². The van der Waals surface area contributed by atoms with Gasteiger partial charge in [0, 0.05) is 12.1 Å². The third kappa shape index (κ3) is 7.83. The maximum absolute atomic E-state index is 13.1. The van der Waals surface area contributed by atoms with E-state index in [0.717, 1.165) is 9.80 Å². The number of aliphatic carboxylic acids is 1. The van der Waals surface area contributed by atoms with Crippen LogP contribution in [0.25, 0.3) is 0 Å². The Bertz CT molecular complexity index is 1310. The Morgan fingerprint density at radius 1 is 1.10 bits per heavy atom. The molecule has 0 radical (unpaired) electrons. The van der Waals surface area contributed by atoms with Crippen LogP contribution in [0.5, 0.6) is 5.75 Å². The Hall–Kier alpha value is -4.94. The number of methoxy groups -OCH3 is 1. The first kappa shape index (κ1) is 31.6. The van der Waals surface area contributed by atoms with E-state index in [1.165, 1.54) is 31.4 Å². The highest BCUT2D eigenvalue weighted by Crippen LogP contribution is 2.32. The molecule has 2 aromatic carbocycles. The zero-order chi connectivity index (χ0) is 31.0. The van der Waals surface area contributed by atoms with Crippen LogP contribution in [0.2, 0.25) is 0 Å². The number of esters is 1. The molecule has 0 spiro atoms. The smallest absolute Gasteiger partial charge is 0.408 e. The third-order valence-corrected chi connectivity index (χ3v) is 6.22. The number of ether oxygens (including phenoxy) is 3. The Labute approximate surface area is 242 Å². The van der Waals surface area contributed by atoms with Gasteiger partial charge >= 0.3 is 18.0 Å². The average Bonchev–Trinajstić information content (AvgIpc) is 2.95. The summed E-state index contributed by atoms with van der Waals surface area (Å²) in [6.07, 6.45) is -0.650. The molecule has 2 N–H and O–H groups in total. The number of nitrogens with zero attached hydrogens (tertiary/aromatic N) is 2. The summed E-state index contributed by atoms with van der Waals surface area (Å²) < 4.78 is 15.6. The van der Waals surface area contributed by atoms with Crippen molar-refractivity contribution in [2.75, 3.05) is 25.2 Å². The van der Waals surface area contributed by atoms with Crippen LogP contribution in [0.1, 0.15) is 38.8 Å². The number of alkyl carbamates (subject to hydrolysis) is 1. The molecule has 1 aliphatic rings. The SMILES string of the molecule is COC(=O)C(CCOc1ccc(N(C(=O)C=O)C2CN(C(C(=O)O)c3ccccc3)C2=O)cc1)NC(=O)OC(C)(C)C. The molecule has 42 heavy (non-hydrogen) atoms. The van der Waals surface area contributed by atoms with Crippen molar-refractivity contribution >= 4 is 41.8 Å². The molecule has 1 aliphatic heterocycles. The summed E-state index contributed by atoms with van der Waals surface area (Å²) >= 11 is 0. The third-order valence-electron chi connectivity index (χ3n) is 6.22. The van der Waals surface area contributed by atoms with Crippen LogP contribution in [0, 0.1) is 0 Å². The lowest BCUT2D eigenvalue weighted by Crippen LogP contribution is -2.67. The van der Waals surface area contributed by atoms with Gasteiger partial charge in [-0.1, -0.05) is 30.3 Å². The number of amides is 3. The Morgan fingerprint density at radius 2 is 1.74 bits per heavy atom. The van der Waals surface area contributed by atoms with E-state index in [9.17, 15) is 33.9 Å². The molecule has 1 saturated heterocycles. The predicted octanol–water partition coefficient (Wildman–Crippen LogP) is 2.09. The van der Waals surface area contributed by atoms with Crippen LogP contribution in [-0.2, 0) is 33.4 Å². The van der Waals surface area contributed by atoms with E-state index >= 15 is 0 Å². The van der Waals surface area contributed by atoms with E-state index < -0.39 is 53.6 Å². The molecule has 3 rings (SSSR count). The fraction of sp³-hybridized carbons (Fsp3) is 0.379. The number of hydrogen-bond donors (Lipinski definition) is 2. The zero-order valence-corrected chi connectivity index (χ0v) is 23.6. The van der Waals surface area contributed by atoms with Crippen molar-refractivity contribution in [2.45, 2.75) is 50.9 Å². The molecule has 0 aliphatic carbocycles. The molecule has 13 heteroatoms. The highest BCUT2D eigenvalue weighted by Gasteiger charge is 2.48. The number of benzene rings is 2. The lowest BCUT2D eigenvalue weighted by molar-refractivity contribution is -0.159. The van der Waals surface area contributed by atoms with Crippen molar-refractivity contribution in [1.29, 1.82) is 0 Å². The normalized spacial score (nSPS) is 15.9.